The second-order valence-electron chi connectivity index (χ2n) is 2.76. The maximum absolute atomic E-state index is 13.1. The highest BCUT2D eigenvalue weighted by Crippen LogP contribution is 2.28. The molecule has 0 aliphatic rings. The number of halogens is 1. The number of hydrogen-bond acceptors (Lipinski definition) is 1. The molecule has 3 heteroatoms. The van der Waals surface area contributed by atoms with Gasteiger partial charge in [-0.2, -0.15) is 0 Å². The molecule has 2 nitrogen and oxygen atoms in total. The number of hydrogen-bond donors (Lipinski definition) is 1. The normalized spacial score (nSPS) is 10.8. The number of benzene rings is 1. The summed E-state index contributed by atoms with van der Waals surface area (Å²) >= 11 is 0. The number of nitrogens with zero attached hydrogens (tertiary/aromatic N) is 1. The highest BCUT2D eigenvalue weighted by Gasteiger charge is 2.08. The molecule has 0 fully saturated rings. The number of rotatable bonds is 0. The number of aromatic nitrogens is 1. The average Bonchev–Trinajstić information content (AvgIpc) is 2.29. The second-order valence-corrected chi connectivity index (χ2v) is 2.76. The Labute approximate surface area is 68.9 Å². The third-order valence-electron chi connectivity index (χ3n) is 1.94. The first-order valence-corrected chi connectivity index (χ1v) is 3.62. The lowest BCUT2D eigenvalue weighted by atomic mass is 10.2. The SMILES string of the molecule is Cn1cc(O)c2c(F)cccc21. The molecule has 0 unspecified atom stereocenters. The first-order chi connectivity index (χ1) is 5.70. The fourth-order valence-corrected chi connectivity index (χ4v) is 1.38. The molecule has 1 aromatic heterocycles. The highest BCUT2D eigenvalue weighted by molar-refractivity contribution is 5.86. The molecule has 1 N–H and O–H groups in total. The fraction of sp³-hybridized carbons (Fsp3) is 0.111. The summed E-state index contributed by atoms with van der Waals surface area (Å²) in [5.41, 5.74) is 0.701. The van der Waals surface area contributed by atoms with Gasteiger partial charge in [0.2, 0.25) is 0 Å². The number of aromatic hydroxyl groups is 1. The molecule has 0 saturated heterocycles. The van der Waals surface area contributed by atoms with Gasteiger partial charge in [0.15, 0.2) is 0 Å². The summed E-state index contributed by atoms with van der Waals surface area (Å²) in [4.78, 5) is 0. The van der Waals surface area contributed by atoms with Gasteiger partial charge in [-0.05, 0) is 12.1 Å². The lowest BCUT2D eigenvalue weighted by molar-refractivity contribution is 0.477. The van der Waals surface area contributed by atoms with Crippen LogP contribution >= 0.6 is 0 Å². The van der Waals surface area contributed by atoms with E-state index in [0.29, 0.717) is 10.9 Å². The molecule has 1 aromatic carbocycles. The molecule has 0 spiro atoms. The molecule has 1 heterocycles. The molecule has 2 rings (SSSR count). The monoisotopic (exact) mass is 165 g/mol. The van der Waals surface area contributed by atoms with Crippen LogP contribution in [0.4, 0.5) is 4.39 Å². The minimum Gasteiger partial charge on any atom is -0.506 e. The quantitative estimate of drug-likeness (QED) is 0.634. The third-order valence-corrected chi connectivity index (χ3v) is 1.94. The third kappa shape index (κ3) is 0.794. The van der Waals surface area contributed by atoms with E-state index in [1.54, 1.807) is 23.7 Å². The van der Waals surface area contributed by atoms with Gasteiger partial charge < -0.3 is 9.67 Å². The predicted molar refractivity (Wildman–Crippen MR) is 44.5 cm³/mol. The van der Waals surface area contributed by atoms with Gasteiger partial charge in [0.1, 0.15) is 11.6 Å². The maximum Gasteiger partial charge on any atom is 0.144 e. The topological polar surface area (TPSA) is 25.2 Å². The van der Waals surface area contributed by atoms with Crippen molar-refractivity contribution in [3.05, 3.63) is 30.2 Å². The van der Waals surface area contributed by atoms with Crippen LogP contribution in [0.25, 0.3) is 10.9 Å². The van der Waals surface area contributed by atoms with Crippen LogP contribution in [0.5, 0.6) is 5.75 Å². The second kappa shape index (κ2) is 2.24. The zero-order valence-corrected chi connectivity index (χ0v) is 6.58. The molecule has 0 amide bonds. The Morgan fingerprint density at radius 3 is 2.83 bits per heavy atom. The van der Waals surface area contributed by atoms with Crippen LogP contribution in [0.15, 0.2) is 24.4 Å². The maximum atomic E-state index is 13.1. The van der Waals surface area contributed by atoms with E-state index in [2.05, 4.69) is 0 Å². The van der Waals surface area contributed by atoms with E-state index in [1.165, 1.54) is 12.3 Å². The lowest BCUT2D eigenvalue weighted by Gasteiger charge is -1.94. The number of fused-ring (bicyclic) bond motifs is 1. The van der Waals surface area contributed by atoms with E-state index in [4.69, 9.17) is 0 Å². The van der Waals surface area contributed by atoms with Crippen LogP contribution < -0.4 is 0 Å². The van der Waals surface area contributed by atoms with Crippen molar-refractivity contribution < 1.29 is 9.50 Å². The summed E-state index contributed by atoms with van der Waals surface area (Å²) in [7, 11) is 1.77. The fourth-order valence-electron chi connectivity index (χ4n) is 1.38. The van der Waals surface area contributed by atoms with E-state index in [1.807, 2.05) is 0 Å². The van der Waals surface area contributed by atoms with Crippen molar-refractivity contribution in [1.29, 1.82) is 0 Å². The summed E-state index contributed by atoms with van der Waals surface area (Å²) in [6, 6.07) is 4.72. The van der Waals surface area contributed by atoms with Crippen LogP contribution in [0.1, 0.15) is 0 Å². The van der Waals surface area contributed by atoms with Crippen LogP contribution in [-0.4, -0.2) is 9.67 Å². The minimum atomic E-state index is -0.384. The van der Waals surface area contributed by atoms with Gasteiger partial charge in [0.05, 0.1) is 10.9 Å². The van der Waals surface area contributed by atoms with Gasteiger partial charge in [-0.15, -0.1) is 0 Å². The first-order valence-electron chi connectivity index (χ1n) is 3.62. The molecule has 12 heavy (non-hydrogen) atoms. The van der Waals surface area contributed by atoms with Crippen molar-refractivity contribution in [3.63, 3.8) is 0 Å². The molecular formula is C9H8FNO. The van der Waals surface area contributed by atoms with Crippen LogP contribution in [-0.2, 0) is 7.05 Å². The van der Waals surface area contributed by atoms with Gasteiger partial charge in [-0.1, -0.05) is 6.07 Å². The molecule has 0 aliphatic carbocycles. The van der Waals surface area contributed by atoms with Gasteiger partial charge in [0, 0.05) is 13.2 Å². The molecule has 0 aliphatic heterocycles. The van der Waals surface area contributed by atoms with E-state index in [9.17, 15) is 9.50 Å². The Hall–Kier alpha value is -1.51. The summed E-state index contributed by atoms with van der Waals surface area (Å²) in [5, 5.41) is 9.60. The highest BCUT2D eigenvalue weighted by atomic mass is 19.1. The zero-order valence-electron chi connectivity index (χ0n) is 6.58. The largest absolute Gasteiger partial charge is 0.506 e. The average molecular weight is 165 g/mol. The van der Waals surface area contributed by atoms with Gasteiger partial charge in [-0.25, -0.2) is 4.39 Å². The minimum absolute atomic E-state index is 0.00870. The Balaban J connectivity index is 2.99. The van der Waals surface area contributed by atoms with Crippen molar-refractivity contribution >= 4 is 10.9 Å². The number of aryl methyl sites for hydroxylation is 1. The molecule has 2 aromatic rings. The predicted octanol–water partition coefficient (Wildman–Crippen LogP) is 2.02. The van der Waals surface area contributed by atoms with Crippen molar-refractivity contribution in [2.75, 3.05) is 0 Å². The van der Waals surface area contributed by atoms with Gasteiger partial charge in [-0.3, -0.25) is 0 Å². The summed E-state index contributed by atoms with van der Waals surface area (Å²) in [6.07, 6.45) is 1.49. The Morgan fingerprint density at radius 2 is 2.17 bits per heavy atom. The molecule has 0 saturated carbocycles. The van der Waals surface area contributed by atoms with Crippen LogP contribution in [0, 0.1) is 5.82 Å². The van der Waals surface area contributed by atoms with Crippen molar-refractivity contribution in [1.82, 2.24) is 4.57 Å². The zero-order chi connectivity index (χ0) is 8.72. The summed E-state index contributed by atoms with van der Waals surface area (Å²) in [5.74, 6) is -0.392. The Kier molecular flexibility index (Phi) is 1.33. The summed E-state index contributed by atoms with van der Waals surface area (Å²) in [6.45, 7) is 0. The van der Waals surface area contributed by atoms with E-state index >= 15 is 0 Å². The van der Waals surface area contributed by atoms with Crippen molar-refractivity contribution in [3.8, 4) is 5.75 Å². The van der Waals surface area contributed by atoms with E-state index in [-0.39, 0.29) is 11.6 Å². The van der Waals surface area contributed by atoms with Gasteiger partial charge in [0.25, 0.3) is 0 Å². The van der Waals surface area contributed by atoms with Crippen LogP contribution in [0.2, 0.25) is 0 Å². The molecule has 0 bridgehead atoms. The van der Waals surface area contributed by atoms with Gasteiger partial charge >= 0.3 is 0 Å². The molecular weight excluding hydrogens is 157 g/mol. The summed E-state index contributed by atoms with van der Waals surface area (Å²) < 4.78 is 14.8. The Morgan fingerprint density at radius 1 is 1.42 bits per heavy atom. The van der Waals surface area contributed by atoms with E-state index in [0.717, 1.165) is 0 Å². The smallest absolute Gasteiger partial charge is 0.144 e. The van der Waals surface area contributed by atoms with Crippen molar-refractivity contribution in [2.24, 2.45) is 7.05 Å². The molecule has 62 valence electrons. The molecule has 0 atom stereocenters. The first kappa shape index (κ1) is 7.16. The Bertz CT molecular complexity index is 433. The molecule has 0 radical (unpaired) electrons. The van der Waals surface area contributed by atoms with Crippen molar-refractivity contribution in [2.45, 2.75) is 0 Å². The van der Waals surface area contributed by atoms with Crippen LogP contribution in [0.3, 0.4) is 0 Å². The lowest BCUT2D eigenvalue weighted by Crippen LogP contribution is -1.83. The van der Waals surface area contributed by atoms with E-state index < -0.39 is 0 Å². The standard InChI is InChI=1S/C9H8FNO/c1-11-5-8(12)9-6(10)3-2-4-7(9)11/h2-5,12H,1H3.